The highest BCUT2D eigenvalue weighted by molar-refractivity contribution is 5.73. The molecule has 12 heteroatoms. The molecule has 0 aromatic heterocycles. The minimum atomic E-state index is -0.585. The average molecular weight is 535 g/mol. The van der Waals surface area contributed by atoms with Gasteiger partial charge in [0.25, 0.3) is 0 Å². The first-order valence-corrected chi connectivity index (χ1v) is 12.9. The fourth-order valence-corrected chi connectivity index (χ4v) is 2.57. The van der Waals surface area contributed by atoms with Crippen molar-refractivity contribution in [3.8, 4) is 0 Å². The average Bonchev–Trinajstić information content (AvgIpc) is 2.78. The van der Waals surface area contributed by atoms with Crippen LogP contribution in [-0.2, 0) is 28.5 Å². The molecule has 0 aromatic carbocycles. The van der Waals surface area contributed by atoms with Crippen molar-refractivity contribution in [1.82, 2.24) is 10.6 Å². The number of quaternary nitrogens is 2. The van der Waals surface area contributed by atoms with Crippen molar-refractivity contribution in [2.75, 3.05) is 94.9 Å². The standard InChI is InChI=1S/C25H48N4O8/c1-20(22(30)34-16-14-28(3,4)5)18-36-24(32)26-12-10-9-11-13-27-25(33)37-19-21(2)23(31)35-17-15-29(6,7)8/h20-21H,9-19H2,1-8H3/p+2. The topological polar surface area (TPSA) is 129 Å². The maximum atomic E-state index is 11.9. The van der Waals surface area contributed by atoms with Gasteiger partial charge in [0.05, 0.1) is 54.1 Å². The Morgan fingerprint density at radius 2 is 0.946 bits per heavy atom. The zero-order valence-corrected chi connectivity index (χ0v) is 24.1. The smallest absolute Gasteiger partial charge is 0.407 e. The number of rotatable bonds is 18. The predicted molar refractivity (Wildman–Crippen MR) is 139 cm³/mol. The second-order valence-electron chi connectivity index (χ2n) is 11.3. The van der Waals surface area contributed by atoms with Crippen LogP contribution in [0.4, 0.5) is 9.59 Å². The Morgan fingerprint density at radius 1 is 0.595 bits per heavy atom. The molecule has 216 valence electrons. The Hall–Kier alpha value is -2.60. The van der Waals surface area contributed by atoms with Crippen molar-refractivity contribution < 1.29 is 47.1 Å². The van der Waals surface area contributed by atoms with Gasteiger partial charge < -0.3 is 38.5 Å². The Kier molecular flexibility index (Phi) is 16.5. The summed E-state index contributed by atoms with van der Waals surface area (Å²) in [6, 6.07) is 0. The van der Waals surface area contributed by atoms with Crippen LogP contribution in [0.25, 0.3) is 0 Å². The number of carbonyl (C=O) groups excluding carboxylic acids is 4. The van der Waals surface area contributed by atoms with Gasteiger partial charge in [-0.05, 0) is 33.1 Å². The third-order valence-corrected chi connectivity index (χ3v) is 5.14. The molecule has 0 saturated carbocycles. The molecule has 0 bridgehead atoms. The van der Waals surface area contributed by atoms with E-state index >= 15 is 0 Å². The normalized spacial score (nSPS) is 13.2. The molecule has 0 radical (unpaired) electrons. The summed E-state index contributed by atoms with van der Waals surface area (Å²) < 4.78 is 21.9. The summed E-state index contributed by atoms with van der Waals surface area (Å²) in [5.41, 5.74) is 0. The number of unbranched alkanes of at least 4 members (excludes halogenated alkanes) is 2. The molecule has 2 atom stereocenters. The van der Waals surface area contributed by atoms with Gasteiger partial charge in [0.1, 0.15) is 39.5 Å². The SMILES string of the molecule is CC(COC(=O)NCCCCCNC(=O)OCC(C)C(=O)OCC[N+](C)(C)C)C(=O)OCC[N+](C)(C)C. The van der Waals surface area contributed by atoms with Gasteiger partial charge in [0.2, 0.25) is 0 Å². The summed E-state index contributed by atoms with van der Waals surface area (Å²) in [7, 11) is 12.0. The molecule has 37 heavy (non-hydrogen) atoms. The highest BCUT2D eigenvalue weighted by atomic mass is 16.6. The molecule has 0 heterocycles. The van der Waals surface area contributed by atoms with Crippen LogP contribution in [0.3, 0.4) is 0 Å². The first kappa shape index (κ1) is 34.4. The van der Waals surface area contributed by atoms with Gasteiger partial charge >= 0.3 is 24.1 Å². The minimum Gasteiger partial charge on any atom is -0.459 e. The Bertz CT molecular complexity index is 646. The molecule has 0 spiro atoms. The van der Waals surface area contributed by atoms with Gasteiger partial charge in [0.15, 0.2) is 0 Å². The van der Waals surface area contributed by atoms with Gasteiger partial charge in [-0.2, -0.15) is 0 Å². The molecule has 0 aliphatic heterocycles. The second-order valence-corrected chi connectivity index (χ2v) is 11.3. The first-order chi connectivity index (χ1) is 17.1. The van der Waals surface area contributed by atoms with Crippen molar-refractivity contribution >= 4 is 24.1 Å². The van der Waals surface area contributed by atoms with Crippen LogP contribution in [0.1, 0.15) is 33.1 Å². The highest BCUT2D eigenvalue weighted by Crippen LogP contribution is 2.03. The molecule has 0 aromatic rings. The molecular formula is C25H50N4O8+2. The van der Waals surface area contributed by atoms with E-state index in [4.69, 9.17) is 18.9 Å². The molecule has 0 rings (SSSR count). The van der Waals surface area contributed by atoms with Gasteiger partial charge in [-0.1, -0.05) is 0 Å². The number of alkyl carbamates (subject to hydrolysis) is 2. The summed E-state index contributed by atoms with van der Waals surface area (Å²) in [5.74, 6) is -1.86. The van der Waals surface area contributed by atoms with Gasteiger partial charge in [-0.15, -0.1) is 0 Å². The molecule has 0 aliphatic rings. The van der Waals surface area contributed by atoms with E-state index in [1.54, 1.807) is 13.8 Å². The van der Waals surface area contributed by atoms with Crippen LogP contribution in [0.5, 0.6) is 0 Å². The fraction of sp³-hybridized carbons (Fsp3) is 0.840. The van der Waals surface area contributed by atoms with E-state index in [-0.39, 0.29) is 13.2 Å². The van der Waals surface area contributed by atoms with E-state index in [0.29, 0.717) is 61.2 Å². The lowest BCUT2D eigenvalue weighted by Crippen LogP contribution is -2.38. The number of likely N-dealkylation sites (N-methyl/N-ethyl adjacent to an activating group) is 2. The Morgan fingerprint density at radius 3 is 1.27 bits per heavy atom. The molecule has 2 N–H and O–H groups in total. The minimum absolute atomic E-state index is 0.0480. The first-order valence-electron chi connectivity index (χ1n) is 12.9. The van der Waals surface area contributed by atoms with Crippen LogP contribution in [-0.4, -0.2) is 128 Å². The second kappa shape index (κ2) is 17.8. The van der Waals surface area contributed by atoms with Crippen LogP contribution in [0, 0.1) is 11.8 Å². The molecule has 12 nitrogen and oxygen atoms in total. The van der Waals surface area contributed by atoms with E-state index in [1.807, 2.05) is 42.3 Å². The van der Waals surface area contributed by atoms with Crippen LogP contribution < -0.4 is 10.6 Å². The molecule has 0 aliphatic carbocycles. The number of esters is 2. The van der Waals surface area contributed by atoms with Crippen molar-refractivity contribution in [2.24, 2.45) is 11.8 Å². The summed E-state index contributed by atoms with van der Waals surface area (Å²) >= 11 is 0. The van der Waals surface area contributed by atoms with E-state index in [9.17, 15) is 19.2 Å². The summed E-state index contributed by atoms with van der Waals surface area (Å²) in [6.45, 7) is 6.07. The lowest BCUT2D eigenvalue weighted by atomic mass is 10.2. The lowest BCUT2D eigenvalue weighted by molar-refractivity contribution is -0.870. The van der Waals surface area contributed by atoms with E-state index < -0.39 is 36.0 Å². The van der Waals surface area contributed by atoms with E-state index in [2.05, 4.69) is 10.6 Å². The van der Waals surface area contributed by atoms with Crippen molar-refractivity contribution in [1.29, 1.82) is 0 Å². The molecule has 2 amide bonds. The number of carbonyl (C=O) groups is 4. The number of amides is 2. The van der Waals surface area contributed by atoms with E-state index in [0.717, 1.165) is 6.42 Å². The lowest BCUT2D eigenvalue weighted by Gasteiger charge is -2.23. The largest absolute Gasteiger partial charge is 0.459 e. The predicted octanol–water partition coefficient (Wildman–Crippen LogP) is 1.38. The Balaban J connectivity index is 3.76. The van der Waals surface area contributed by atoms with Gasteiger partial charge in [-0.25, -0.2) is 9.59 Å². The van der Waals surface area contributed by atoms with Crippen LogP contribution >= 0.6 is 0 Å². The zero-order chi connectivity index (χ0) is 28.5. The molecule has 2 unspecified atom stereocenters. The number of nitrogens with one attached hydrogen (secondary N) is 2. The number of hydrogen-bond donors (Lipinski definition) is 2. The van der Waals surface area contributed by atoms with E-state index in [1.165, 1.54) is 0 Å². The quantitative estimate of drug-likeness (QED) is 0.117. The van der Waals surface area contributed by atoms with Crippen molar-refractivity contribution in [3.05, 3.63) is 0 Å². The van der Waals surface area contributed by atoms with Crippen molar-refractivity contribution in [3.63, 3.8) is 0 Å². The highest BCUT2D eigenvalue weighted by Gasteiger charge is 2.19. The maximum absolute atomic E-state index is 11.9. The summed E-state index contributed by atoms with van der Waals surface area (Å²) in [6.07, 6.45) is 0.996. The van der Waals surface area contributed by atoms with Gasteiger partial charge in [-0.3, -0.25) is 9.59 Å². The fourth-order valence-electron chi connectivity index (χ4n) is 2.57. The molecular weight excluding hydrogens is 484 g/mol. The molecule has 0 saturated heterocycles. The summed E-state index contributed by atoms with van der Waals surface area (Å²) in [4.78, 5) is 47.4. The monoisotopic (exact) mass is 534 g/mol. The molecule has 0 fully saturated rings. The van der Waals surface area contributed by atoms with Crippen LogP contribution in [0.15, 0.2) is 0 Å². The number of ether oxygens (including phenoxy) is 4. The third-order valence-electron chi connectivity index (χ3n) is 5.14. The van der Waals surface area contributed by atoms with Gasteiger partial charge in [0, 0.05) is 13.1 Å². The summed E-state index contributed by atoms with van der Waals surface area (Å²) in [5, 5.41) is 5.27. The third kappa shape index (κ3) is 21.2. The number of nitrogens with zero attached hydrogens (tertiary/aromatic N) is 2. The zero-order valence-electron chi connectivity index (χ0n) is 24.1. The maximum Gasteiger partial charge on any atom is 0.407 e. The Labute approximate surface area is 222 Å². The van der Waals surface area contributed by atoms with Crippen LogP contribution in [0.2, 0.25) is 0 Å². The van der Waals surface area contributed by atoms with Crippen molar-refractivity contribution in [2.45, 2.75) is 33.1 Å². The number of hydrogen-bond acceptors (Lipinski definition) is 8.